The molecule has 2 heterocycles. The van der Waals surface area contributed by atoms with E-state index >= 15 is 0 Å². The number of nitrogens with two attached hydrogens (primary N) is 2. The zero-order chi connectivity index (χ0) is 12.1. The highest BCUT2D eigenvalue weighted by molar-refractivity contribution is 4.88. The van der Waals surface area contributed by atoms with Crippen molar-refractivity contribution in [1.29, 1.82) is 0 Å². The van der Waals surface area contributed by atoms with E-state index in [4.69, 9.17) is 25.7 Å². The van der Waals surface area contributed by atoms with E-state index in [1.165, 1.54) is 0 Å². The van der Waals surface area contributed by atoms with Gasteiger partial charge in [-0.1, -0.05) is 12.8 Å². The van der Waals surface area contributed by atoms with Gasteiger partial charge in [0.05, 0.1) is 19.8 Å². The topological polar surface area (TPSA) is 86.3 Å². The van der Waals surface area contributed by atoms with Crippen molar-refractivity contribution >= 4 is 0 Å². The molecule has 0 amide bonds. The Morgan fingerprint density at radius 2 is 1.94 bits per heavy atom. The molecule has 4 atom stereocenters. The first-order valence-corrected chi connectivity index (χ1v) is 6.61. The van der Waals surface area contributed by atoms with Crippen LogP contribution < -0.4 is 11.5 Å². The minimum atomic E-state index is 0.0390. The Labute approximate surface area is 103 Å². The molecule has 4 N–H and O–H groups in total. The summed E-state index contributed by atoms with van der Waals surface area (Å²) >= 11 is 0. The molecule has 0 bridgehead atoms. The van der Waals surface area contributed by atoms with Crippen LogP contribution in [0.4, 0.5) is 0 Å². The molecule has 0 saturated carbocycles. The van der Waals surface area contributed by atoms with Crippen LogP contribution >= 0.6 is 0 Å². The van der Waals surface area contributed by atoms with Gasteiger partial charge in [-0.2, -0.15) is 0 Å². The maximum atomic E-state index is 6.17. The van der Waals surface area contributed by atoms with Crippen molar-refractivity contribution in [3.63, 3.8) is 0 Å². The van der Waals surface area contributed by atoms with Gasteiger partial charge in [0, 0.05) is 6.04 Å². The van der Waals surface area contributed by atoms with Gasteiger partial charge >= 0.3 is 0 Å². The molecule has 5 heteroatoms. The van der Waals surface area contributed by atoms with Crippen molar-refractivity contribution in [2.24, 2.45) is 11.5 Å². The maximum absolute atomic E-state index is 6.17. The number of unbranched alkanes of at least 4 members (excludes halogenated alkanes) is 2. The summed E-state index contributed by atoms with van der Waals surface area (Å²) in [6.45, 7) is 3.03. The van der Waals surface area contributed by atoms with E-state index in [9.17, 15) is 0 Å². The highest BCUT2D eigenvalue weighted by Crippen LogP contribution is 2.23. The third-order valence-electron chi connectivity index (χ3n) is 3.27. The highest BCUT2D eigenvalue weighted by Gasteiger charge is 2.38. The van der Waals surface area contributed by atoms with E-state index in [1.807, 2.05) is 0 Å². The van der Waals surface area contributed by atoms with E-state index in [-0.39, 0.29) is 18.2 Å². The van der Waals surface area contributed by atoms with Gasteiger partial charge in [-0.25, -0.2) is 0 Å². The van der Waals surface area contributed by atoms with Crippen LogP contribution in [0.2, 0.25) is 0 Å². The summed E-state index contributed by atoms with van der Waals surface area (Å²) in [5.74, 6) is 0. The second-order valence-corrected chi connectivity index (χ2v) is 4.93. The monoisotopic (exact) mass is 244 g/mol. The van der Waals surface area contributed by atoms with E-state index < -0.39 is 0 Å². The Kier molecular flexibility index (Phi) is 5.18. The third-order valence-corrected chi connectivity index (χ3v) is 3.27. The van der Waals surface area contributed by atoms with Crippen LogP contribution in [0.3, 0.4) is 0 Å². The van der Waals surface area contributed by atoms with Crippen LogP contribution in [-0.2, 0) is 14.2 Å². The normalized spacial score (nSPS) is 30.0. The first-order chi connectivity index (χ1) is 8.31. The van der Waals surface area contributed by atoms with Gasteiger partial charge in [-0.05, 0) is 19.4 Å². The summed E-state index contributed by atoms with van der Waals surface area (Å²) in [4.78, 5) is 0. The SMILES string of the molecule is NCCCCCC(N)C(OCC1CO1)C1CO1. The molecule has 17 heavy (non-hydrogen) atoms. The number of hydrogen-bond donors (Lipinski definition) is 2. The van der Waals surface area contributed by atoms with Gasteiger partial charge in [-0.15, -0.1) is 0 Å². The lowest BCUT2D eigenvalue weighted by Crippen LogP contribution is -2.41. The number of hydrogen-bond acceptors (Lipinski definition) is 5. The second kappa shape index (κ2) is 6.66. The summed E-state index contributed by atoms with van der Waals surface area (Å²) in [6, 6.07) is 0.0685. The van der Waals surface area contributed by atoms with Crippen LogP contribution in [0.1, 0.15) is 25.7 Å². The van der Waals surface area contributed by atoms with Crippen LogP contribution in [0.15, 0.2) is 0 Å². The molecule has 2 rings (SSSR count). The number of epoxide rings is 2. The quantitative estimate of drug-likeness (QED) is 0.418. The predicted octanol–water partition coefficient (Wildman–Crippen LogP) is 0.0156. The lowest BCUT2D eigenvalue weighted by atomic mass is 10.0. The standard InChI is InChI=1S/C12H24N2O3/c13-5-3-1-2-4-10(14)12(11-8-16-11)17-7-9-6-15-9/h9-12H,1-8,13-14H2. The molecular weight excluding hydrogens is 220 g/mol. The van der Waals surface area contributed by atoms with Crippen LogP contribution in [0, 0.1) is 0 Å². The summed E-state index contributed by atoms with van der Waals surface area (Å²) < 4.78 is 16.2. The van der Waals surface area contributed by atoms with Gasteiger partial charge in [0.15, 0.2) is 0 Å². The van der Waals surface area contributed by atoms with Crippen molar-refractivity contribution in [3.05, 3.63) is 0 Å². The van der Waals surface area contributed by atoms with Crippen molar-refractivity contribution in [2.75, 3.05) is 26.4 Å². The fraction of sp³-hybridized carbons (Fsp3) is 1.00. The molecule has 2 aliphatic heterocycles. The number of rotatable bonds is 10. The summed E-state index contributed by atoms with van der Waals surface area (Å²) in [7, 11) is 0. The Hall–Kier alpha value is -0.200. The molecule has 100 valence electrons. The largest absolute Gasteiger partial charge is 0.371 e. The molecule has 4 unspecified atom stereocenters. The molecular formula is C12H24N2O3. The van der Waals surface area contributed by atoms with Crippen LogP contribution in [0.5, 0.6) is 0 Å². The maximum Gasteiger partial charge on any atom is 0.109 e. The van der Waals surface area contributed by atoms with Crippen LogP contribution in [0.25, 0.3) is 0 Å². The minimum Gasteiger partial charge on any atom is -0.371 e. The van der Waals surface area contributed by atoms with E-state index in [2.05, 4.69) is 0 Å². The molecule has 0 spiro atoms. The predicted molar refractivity (Wildman–Crippen MR) is 64.7 cm³/mol. The first kappa shape index (κ1) is 13.2. The molecule has 2 aliphatic rings. The highest BCUT2D eigenvalue weighted by atomic mass is 16.6. The molecule has 5 nitrogen and oxygen atoms in total. The van der Waals surface area contributed by atoms with Crippen molar-refractivity contribution in [1.82, 2.24) is 0 Å². The lowest BCUT2D eigenvalue weighted by Gasteiger charge is -2.22. The fourth-order valence-corrected chi connectivity index (χ4v) is 2.00. The summed E-state index contributed by atoms with van der Waals surface area (Å²) in [6.07, 6.45) is 4.86. The Morgan fingerprint density at radius 1 is 1.18 bits per heavy atom. The summed E-state index contributed by atoms with van der Waals surface area (Å²) in [5, 5.41) is 0. The molecule has 0 aromatic carbocycles. The van der Waals surface area contributed by atoms with Gasteiger partial charge in [-0.3, -0.25) is 0 Å². The van der Waals surface area contributed by atoms with E-state index in [1.54, 1.807) is 0 Å². The van der Waals surface area contributed by atoms with Gasteiger partial charge in [0.2, 0.25) is 0 Å². The lowest BCUT2D eigenvalue weighted by molar-refractivity contribution is 0.00678. The zero-order valence-corrected chi connectivity index (χ0v) is 10.3. The molecule has 0 aromatic heterocycles. The van der Waals surface area contributed by atoms with Gasteiger partial charge in [0.25, 0.3) is 0 Å². The number of ether oxygens (including phenoxy) is 3. The molecule has 0 radical (unpaired) electrons. The van der Waals surface area contributed by atoms with Crippen molar-refractivity contribution in [2.45, 2.75) is 50.0 Å². The van der Waals surface area contributed by atoms with Gasteiger partial charge in [0.1, 0.15) is 18.3 Å². The minimum absolute atomic E-state index is 0.0390. The smallest absolute Gasteiger partial charge is 0.109 e. The average molecular weight is 244 g/mol. The first-order valence-electron chi connectivity index (χ1n) is 6.61. The fourth-order valence-electron chi connectivity index (χ4n) is 2.00. The third kappa shape index (κ3) is 4.89. The summed E-state index contributed by atoms with van der Waals surface area (Å²) in [5.41, 5.74) is 11.6. The second-order valence-electron chi connectivity index (χ2n) is 4.93. The molecule has 2 fully saturated rings. The van der Waals surface area contributed by atoms with Crippen molar-refractivity contribution < 1.29 is 14.2 Å². The zero-order valence-electron chi connectivity index (χ0n) is 10.3. The molecule has 2 saturated heterocycles. The van der Waals surface area contributed by atoms with E-state index in [0.29, 0.717) is 12.7 Å². The molecule has 0 aromatic rings. The van der Waals surface area contributed by atoms with E-state index in [0.717, 1.165) is 45.4 Å². The van der Waals surface area contributed by atoms with Gasteiger partial charge < -0.3 is 25.7 Å². The average Bonchev–Trinajstić information content (AvgIpc) is 3.15. The molecule has 0 aliphatic carbocycles. The Balaban J connectivity index is 1.62. The van der Waals surface area contributed by atoms with Crippen molar-refractivity contribution in [3.8, 4) is 0 Å². The van der Waals surface area contributed by atoms with Crippen LogP contribution in [-0.4, -0.2) is 50.7 Å². The Bertz CT molecular complexity index is 220. The Morgan fingerprint density at radius 3 is 2.53 bits per heavy atom.